The highest BCUT2D eigenvalue weighted by Crippen LogP contribution is 2.00. The SMILES string of the molecule is O=C(Cc1ccccc1)OCCCl. The number of ether oxygens (including phenoxy) is 1. The lowest BCUT2D eigenvalue weighted by Crippen LogP contribution is -2.09. The van der Waals surface area contributed by atoms with E-state index in [1.165, 1.54) is 0 Å². The van der Waals surface area contributed by atoms with Crippen molar-refractivity contribution < 1.29 is 9.53 Å². The Kier molecular flexibility index (Phi) is 4.33. The minimum absolute atomic E-state index is 0.230. The van der Waals surface area contributed by atoms with E-state index in [1.54, 1.807) is 0 Å². The Balaban J connectivity index is 2.37. The van der Waals surface area contributed by atoms with Crippen LogP contribution in [0.5, 0.6) is 0 Å². The molecule has 0 aromatic heterocycles. The number of benzene rings is 1. The number of carbonyl (C=O) groups excluding carboxylic acids is 1. The van der Waals surface area contributed by atoms with E-state index in [9.17, 15) is 4.79 Å². The molecule has 0 fully saturated rings. The summed E-state index contributed by atoms with van der Waals surface area (Å²) in [7, 11) is 0. The third-order valence-electron chi connectivity index (χ3n) is 1.53. The molecule has 0 atom stereocenters. The quantitative estimate of drug-likeness (QED) is 0.547. The van der Waals surface area contributed by atoms with Crippen molar-refractivity contribution in [2.45, 2.75) is 6.42 Å². The van der Waals surface area contributed by atoms with Crippen LogP contribution in [0, 0.1) is 0 Å². The molecule has 0 unspecified atom stereocenters. The maximum atomic E-state index is 11.1. The maximum Gasteiger partial charge on any atom is 0.310 e. The summed E-state index contributed by atoms with van der Waals surface area (Å²) in [5, 5.41) is 0. The predicted molar refractivity (Wildman–Crippen MR) is 51.8 cm³/mol. The zero-order valence-electron chi connectivity index (χ0n) is 7.20. The summed E-state index contributed by atoms with van der Waals surface area (Å²) in [6.07, 6.45) is 0.317. The van der Waals surface area contributed by atoms with Crippen LogP contribution >= 0.6 is 11.6 Å². The summed E-state index contributed by atoms with van der Waals surface area (Å²) in [4.78, 5) is 11.1. The number of esters is 1. The fraction of sp³-hybridized carbons (Fsp3) is 0.300. The van der Waals surface area contributed by atoms with Crippen molar-refractivity contribution >= 4 is 17.6 Å². The van der Waals surface area contributed by atoms with Gasteiger partial charge < -0.3 is 4.74 Å². The summed E-state index contributed by atoms with van der Waals surface area (Å²) < 4.78 is 4.82. The van der Waals surface area contributed by atoms with Crippen LogP contribution in [-0.4, -0.2) is 18.5 Å². The molecule has 0 heterocycles. The van der Waals surface area contributed by atoms with Gasteiger partial charge in [-0.15, -0.1) is 11.6 Å². The average Bonchev–Trinajstić information content (AvgIpc) is 2.16. The third-order valence-corrected chi connectivity index (χ3v) is 1.69. The van der Waals surface area contributed by atoms with Gasteiger partial charge in [0.25, 0.3) is 0 Å². The minimum Gasteiger partial charge on any atom is -0.464 e. The first-order valence-electron chi connectivity index (χ1n) is 4.08. The smallest absolute Gasteiger partial charge is 0.310 e. The van der Waals surface area contributed by atoms with Crippen LogP contribution in [0.4, 0.5) is 0 Å². The van der Waals surface area contributed by atoms with Crippen molar-refractivity contribution in [3.63, 3.8) is 0 Å². The molecule has 1 rings (SSSR count). The first-order valence-corrected chi connectivity index (χ1v) is 4.62. The normalized spacial score (nSPS) is 9.62. The zero-order valence-corrected chi connectivity index (χ0v) is 7.96. The lowest BCUT2D eigenvalue weighted by molar-refractivity contribution is -0.142. The fourth-order valence-electron chi connectivity index (χ4n) is 0.966. The van der Waals surface area contributed by atoms with E-state index in [4.69, 9.17) is 16.3 Å². The van der Waals surface area contributed by atoms with Crippen molar-refractivity contribution in [2.24, 2.45) is 0 Å². The van der Waals surface area contributed by atoms with Gasteiger partial charge in [0, 0.05) is 0 Å². The summed E-state index contributed by atoms with van der Waals surface area (Å²) >= 11 is 5.37. The molecule has 2 nitrogen and oxygen atoms in total. The zero-order chi connectivity index (χ0) is 9.52. The topological polar surface area (TPSA) is 26.3 Å². The van der Waals surface area contributed by atoms with Crippen LogP contribution in [-0.2, 0) is 16.0 Å². The van der Waals surface area contributed by atoms with Gasteiger partial charge in [0.2, 0.25) is 0 Å². The van der Waals surface area contributed by atoms with Gasteiger partial charge in [-0.1, -0.05) is 30.3 Å². The van der Waals surface area contributed by atoms with E-state index in [-0.39, 0.29) is 12.6 Å². The van der Waals surface area contributed by atoms with Crippen molar-refractivity contribution in [1.82, 2.24) is 0 Å². The van der Waals surface area contributed by atoms with E-state index in [2.05, 4.69) is 0 Å². The maximum absolute atomic E-state index is 11.1. The summed E-state index contributed by atoms with van der Waals surface area (Å²) in [6, 6.07) is 9.48. The summed E-state index contributed by atoms with van der Waals surface area (Å²) in [5.41, 5.74) is 0.960. The summed E-state index contributed by atoms with van der Waals surface area (Å²) in [5.74, 6) is 0.118. The highest BCUT2D eigenvalue weighted by Gasteiger charge is 2.02. The summed E-state index contributed by atoms with van der Waals surface area (Å²) in [6.45, 7) is 0.285. The van der Waals surface area contributed by atoms with Crippen molar-refractivity contribution in [2.75, 3.05) is 12.5 Å². The Morgan fingerprint density at radius 3 is 2.62 bits per heavy atom. The largest absolute Gasteiger partial charge is 0.464 e. The van der Waals surface area contributed by atoms with Crippen molar-refractivity contribution in [3.8, 4) is 0 Å². The Hall–Kier alpha value is -1.02. The van der Waals surface area contributed by atoms with Gasteiger partial charge in [-0.05, 0) is 5.56 Å². The average molecular weight is 199 g/mol. The number of carbonyl (C=O) groups is 1. The molecule has 0 amide bonds. The van der Waals surface area contributed by atoms with Gasteiger partial charge in [0.05, 0.1) is 12.3 Å². The molecule has 0 saturated carbocycles. The fourth-order valence-corrected chi connectivity index (χ4v) is 1.04. The van der Waals surface area contributed by atoms with Gasteiger partial charge in [0.1, 0.15) is 6.61 Å². The molecule has 3 heteroatoms. The number of hydrogen-bond acceptors (Lipinski definition) is 2. The van der Waals surface area contributed by atoms with Crippen LogP contribution in [0.2, 0.25) is 0 Å². The molecule has 0 saturated heterocycles. The first-order chi connectivity index (χ1) is 6.33. The van der Waals surface area contributed by atoms with Crippen molar-refractivity contribution in [3.05, 3.63) is 35.9 Å². The molecule has 0 spiro atoms. The van der Waals surface area contributed by atoms with Crippen molar-refractivity contribution in [1.29, 1.82) is 0 Å². The molecule has 0 aliphatic carbocycles. The number of halogens is 1. The molecule has 13 heavy (non-hydrogen) atoms. The number of hydrogen-bond donors (Lipinski definition) is 0. The first kappa shape index (κ1) is 10.1. The van der Waals surface area contributed by atoms with Crippen LogP contribution in [0.3, 0.4) is 0 Å². The molecule has 1 aromatic rings. The highest BCUT2D eigenvalue weighted by molar-refractivity contribution is 6.18. The van der Waals surface area contributed by atoms with E-state index in [1.807, 2.05) is 30.3 Å². The predicted octanol–water partition coefficient (Wildman–Crippen LogP) is 2.01. The minimum atomic E-state index is -0.230. The van der Waals surface area contributed by atoms with E-state index < -0.39 is 0 Å². The molecule has 70 valence electrons. The molecule has 1 aromatic carbocycles. The van der Waals surface area contributed by atoms with E-state index in [0.29, 0.717) is 12.3 Å². The number of rotatable bonds is 4. The Morgan fingerprint density at radius 2 is 2.00 bits per heavy atom. The Bertz CT molecular complexity index is 259. The number of alkyl halides is 1. The van der Waals surface area contributed by atoms with E-state index >= 15 is 0 Å². The second kappa shape index (κ2) is 5.60. The van der Waals surface area contributed by atoms with Gasteiger partial charge in [0.15, 0.2) is 0 Å². The van der Waals surface area contributed by atoms with Crippen LogP contribution < -0.4 is 0 Å². The highest BCUT2D eigenvalue weighted by atomic mass is 35.5. The molecule has 0 N–H and O–H groups in total. The lowest BCUT2D eigenvalue weighted by Gasteiger charge is -2.01. The van der Waals surface area contributed by atoms with Gasteiger partial charge in [-0.3, -0.25) is 4.79 Å². The van der Waals surface area contributed by atoms with Crippen LogP contribution in [0.1, 0.15) is 5.56 Å². The monoisotopic (exact) mass is 198 g/mol. The van der Waals surface area contributed by atoms with Gasteiger partial charge in [-0.25, -0.2) is 0 Å². The molecule has 0 aliphatic rings. The van der Waals surface area contributed by atoms with E-state index in [0.717, 1.165) is 5.56 Å². The van der Waals surface area contributed by atoms with Crippen LogP contribution in [0.25, 0.3) is 0 Å². The van der Waals surface area contributed by atoms with Gasteiger partial charge >= 0.3 is 5.97 Å². The van der Waals surface area contributed by atoms with Crippen LogP contribution in [0.15, 0.2) is 30.3 Å². The Labute approximate surface area is 82.5 Å². The standard InChI is InChI=1S/C10H11ClO2/c11-6-7-13-10(12)8-9-4-2-1-3-5-9/h1-5H,6-8H2. The molecular formula is C10H11ClO2. The third kappa shape index (κ3) is 3.95. The van der Waals surface area contributed by atoms with Gasteiger partial charge in [-0.2, -0.15) is 0 Å². The Morgan fingerprint density at radius 1 is 1.31 bits per heavy atom. The molecular weight excluding hydrogens is 188 g/mol. The second-order valence-corrected chi connectivity index (χ2v) is 2.95. The molecule has 0 bridgehead atoms. The molecule has 0 aliphatic heterocycles. The second-order valence-electron chi connectivity index (χ2n) is 2.57. The lowest BCUT2D eigenvalue weighted by atomic mass is 10.2. The molecule has 0 radical (unpaired) electrons.